The number of nitrogens with zero attached hydrogens (tertiary/aromatic N) is 2. The largest absolute Gasteiger partial charge is 0.306 e. The minimum Gasteiger partial charge on any atom is -0.306 e. The van der Waals surface area contributed by atoms with Gasteiger partial charge in [0, 0.05) is 42.2 Å². The Labute approximate surface area is 138 Å². The zero-order valence-electron chi connectivity index (χ0n) is 13.2. The summed E-state index contributed by atoms with van der Waals surface area (Å²) in [7, 11) is 0. The highest BCUT2D eigenvalue weighted by atomic mass is 19.1. The first kappa shape index (κ1) is 16.0. The molecule has 2 aromatic heterocycles. The SMILES string of the molecule is C[C@@H](NCc1ccccc1F)c1cc(=O)[nH]c(-c2cccnc2)n1. The number of aromatic amines is 1. The molecule has 2 heterocycles. The van der Waals surface area contributed by atoms with E-state index < -0.39 is 0 Å². The normalized spacial score (nSPS) is 12.1. The predicted molar refractivity (Wildman–Crippen MR) is 89.7 cm³/mol. The Bertz CT molecular complexity index is 879. The Morgan fingerprint density at radius 3 is 2.83 bits per heavy atom. The monoisotopic (exact) mass is 324 g/mol. The Kier molecular flexibility index (Phi) is 4.77. The van der Waals surface area contributed by atoms with Crippen molar-refractivity contribution in [3.8, 4) is 11.4 Å². The third kappa shape index (κ3) is 3.72. The molecule has 0 unspecified atom stereocenters. The highest BCUT2D eigenvalue weighted by Crippen LogP contribution is 2.15. The van der Waals surface area contributed by atoms with E-state index in [-0.39, 0.29) is 17.4 Å². The molecule has 0 aliphatic rings. The average Bonchev–Trinajstić information content (AvgIpc) is 2.61. The van der Waals surface area contributed by atoms with Crippen LogP contribution in [0.3, 0.4) is 0 Å². The zero-order chi connectivity index (χ0) is 16.9. The zero-order valence-corrected chi connectivity index (χ0v) is 13.2. The molecule has 1 atom stereocenters. The van der Waals surface area contributed by atoms with Crippen LogP contribution in [0.1, 0.15) is 24.2 Å². The molecule has 0 amide bonds. The van der Waals surface area contributed by atoms with Gasteiger partial charge in [-0.25, -0.2) is 9.37 Å². The van der Waals surface area contributed by atoms with Crippen LogP contribution in [0.2, 0.25) is 0 Å². The maximum Gasteiger partial charge on any atom is 0.251 e. The third-order valence-electron chi connectivity index (χ3n) is 3.70. The highest BCUT2D eigenvalue weighted by Gasteiger charge is 2.11. The molecule has 122 valence electrons. The van der Waals surface area contributed by atoms with Gasteiger partial charge >= 0.3 is 0 Å². The number of hydrogen-bond donors (Lipinski definition) is 2. The Balaban J connectivity index is 1.80. The summed E-state index contributed by atoms with van der Waals surface area (Å²) in [6, 6.07) is 11.4. The molecule has 0 saturated carbocycles. The van der Waals surface area contributed by atoms with Gasteiger partial charge in [-0.15, -0.1) is 0 Å². The lowest BCUT2D eigenvalue weighted by Gasteiger charge is -2.14. The first-order valence-corrected chi connectivity index (χ1v) is 7.62. The van der Waals surface area contributed by atoms with E-state index >= 15 is 0 Å². The molecule has 0 spiro atoms. The summed E-state index contributed by atoms with van der Waals surface area (Å²) in [4.78, 5) is 23.1. The van der Waals surface area contributed by atoms with Gasteiger partial charge in [0.05, 0.1) is 5.69 Å². The lowest BCUT2D eigenvalue weighted by Crippen LogP contribution is -2.22. The van der Waals surface area contributed by atoms with Crippen molar-refractivity contribution < 1.29 is 4.39 Å². The molecule has 2 N–H and O–H groups in total. The van der Waals surface area contributed by atoms with Crippen molar-refractivity contribution in [1.82, 2.24) is 20.3 Å². The Morgan fingerprint density at radius 1 is 1.25 bits per heavy atom. The summed E-state index contributed by atoms with van der Waals surface area (Å²) >= 11 is 0. The molecule has 1 aromatic carbocycles. The van der Waals surface area contributed by atoms with Gasteiger partial charge in [-0.05, 0) is 25.1 Å². The van der Waals surface area contributed by atoms with E-state index in [0.717, 1.165) is 5.56 Å². The standard InChI is InChI=1S/C18H17FN4O/c1-12(21-11-13-5-2-3-7-15(13)19)16-9-17(24)23-18(22-16)14-6-4-8-20-10-14/h2-10,12,21H,11H2,1H3,(H,22,23,24)/t12-/m1/s1. The van der Waals surface area contributed by atoms with Crippen LogP contribution >= 0.6 is 0 Å². The van der Waals surface area contributed by atoms with Gasteiger partial charge in [-0.3, -0.25) is 9.78 Å². The van der Waals surface area contributed by atoms with E-state index in [1.807, 2.05) is 13.0 Å². The molecule has 0 saturated heterocycles. The number of benzene rings is 1. The fraction of sp³-hybridized carbons (Fsp3) is 0.167. The number of halogens is 1. The molecule has 0 fully saturated rings. The van der Waals surface area contributed by atoms with Crippen molar-refractivity contribution in [3.63, 3.8) is 0 Å². The maximum absolute atomic E-state index is 13.7. The Morgan fingerprint density at radius 2 is 2.08 bits per heavy atom. The predicted octanol–water partition coefficient (Wildman–Crippen LogP) is 2.82. The van der Waals surface area contributed by atoms with Gasteiger partial charge < -0.3 is 10.3 Å². The van der Waals surface area contributed by atoms with Crippen LogP contribution in [0.25, 0.3) is 11.4 Å². The van der Waals surface area contributed by atoms with E-state index in [9.17, 15) is 9.18 Å². The first-order chi connectivity index (χ1) is 11.6. The summed E-state index contributed by atoms with van der Waals surface area (Å²) in [5.41, 5.74) is 1.66. The second-order valence-electron chi connectivity index (χ2n) is 5.45. The molecule has 0 bridgehead atoms. The van der Waals surface area contributed by atoms with Gasteiger partial charge in [0.25, 0.3) is 5.56 Å². The van der Waals surface area contributed by atoms with E-state index in [1.54, 1.807) is 36.7 Å². The minimum atomic E-state index is -0.257. The number of rotatable bonds is 5. The van der Waals surface area contributed by atoms with Crippen LogP contribution in [-0.2, 0) is 6.54 Å². The molecular formula is C18H17FN4O. The second-order valence-corrected chi connectivity index (χ2v) is 5.45. The summed E-state index contributed by atoms with van der Waals surface area (Å²) in [5, 5.41) is 3.19. The van der Waals surface area contributed by atoms with Crippen molar-refractivity contribution in [1.29, 1.82) is 0 Å². The van der Waals surface area contributed by atoms with Crippen LogP contribution in [0.5, 0.6) is 0 Å². The van der Waals surface area contributed by atoms with E-state index in [1.165, 1.54) is 12.1 Å². The van der Waals surface area contributed by atoms with Crippen LogP contribution in [-0.4, -0.2) is 15.0 Å². The fourth-order valence-corrected chi connectivity index (χ4v) is 2.35. The maximum atomic E-state index is 13.7. The van der Waals surface area contributed by atoms with Gasteiger partial charge in [-0.2, -0.15) is 0 Å². The molecule has 24 heavy (non-hydrogen) atoms. The molecule has 0 aliphatic carbocycles. The number of aromatic nitrogens is 3. The number of H-pyrrole nitrogens is 1. The van der Waals surface area contributed by atoms with Crippen LogP contribution in [0.15, 0.2) is 59.7 Å². The number of hydrogen-bond acceptors (Lipinski definition) is 4. The third-order valence-corrected chi connectivity index (χ3v) is 3.70. The fourth-order valence-electron chi connectivity index (χ4n) is 2.35. The van der Waals surface area contributed by atoms with Crippen molar-refractivity contribution in [2.75, 3.05) is 0 Å². The second kappa shape index (κ2) is 7.14. The smallest absolute Gasteiger partial charge is 0.251 e. The lowest BCUT2D eigenvalue weighted by atomic mass is 10.1. The molecule has 0 radical (unpaired) electrons. The summed E-state index contributed by atoms with van der Waals surface area (Å²) in [6.07, 6.45) is 3.30. The van der Waals surface area contributed by atoms with E-state index in [0.29, 0.717) is 23.6 Å². The topological polar surface area (TPSA) is 70.7 Å². The molecule has 3 rings (SSSR count). The summed E-state index contributed by atoms with van der Waals surface area (Å²) in [5.74, 6) is 0.206. The average molecular weight is 324 g/mol. The van der Waals surface area contributed by atoms with Crippen molar-refractivity contribution >= 4 is 0 Å². The van der Waals surface area contributed by atoms with Crippen LogP contribution in [0.4, 0.5) is 4.39 Å². The van der Waals surface area contributed by atoms with Crippen molar-refractivity contribution in [2.45, 2.75) is 19.5 Å². The summed E-state index contributed by atoms with van der Waals surface area (Å²) in [6.45, 7) is 2.24. The lowest BCUT2D eigenvalue weighted by molar-refractivity contribution is 0.535. The Hall–Kier alpha value is -2.86. The van der Waals surface area contributed by atoms with Gasteiger partial charge in [-0.1, -0.05) is 18.2 Å². The quantitative estimate of drug-likeness (QED) is 0.757. The van der Waals surface area contributed by atoms with E-state index in [4.69, 9.17) is 0 Å². The van der Waals surface area contributed by atoms with Crippen LogP contribution < -0.4 is 10.9 Å². The van der Waals surface area contributed by atoms with Crippen molar-refractivity contribution in [2.24, 2.45) is 0 Å². The first-order valence-electron chi connectivity index (χ1n) is 7.62. The summed E-state index contributed by atoms with van der Waals surface area (Å²) < 4.78 is 13.7. The number of pyridine rings is 1. The number of nitrogens with one attached hydrogen (secondary N) is 2. The molecular weight excluding hydrogens is 307 g/mol. The van der Waals surface area contributed by atoms with E-state index in [2.05, 4.69) is 20.3 Å². The van der Waals surface area contributed by atoms with Gasteiger partial charge in [0.2, 0.25) is 0 Å². The van der Waals surface area contributed by atoms with Gasteiger partial charge in [0.15, 0.2) is 0 Å². The van der Waals surface area contributed by atoms with Crippen molar-refractivity contribution in [3.05, 3.63) is 82.3 Å². The van der Waals surface area contributed by atoms with Crippen LogP contribution in [0, 0.1) is 5.82 Å². The highest BCUT2D eigenvalue weighted by molar-refractivity contribution is 5.52. The molecule has 5 nitrogen and oxygen atoms in total. The molecule has 3 aromatic rings. The molecule has 6 heteroatoms. The molecule has 0 aliphatic heterocycles. The van der Waals surface area contributed by atoms with Gasteiger partial charge in [0.1, 0.15) is 11.6 Å². The minimum absolute atomic E-state index is 0.206.